The van der Waals surface area contributed by atoms with Gasteiger partial charge in [-0.2, -0.15) is 0 Å². The lowest BCUT2D eigenvalue weighted by atomic mass is 9.84. The van der Waals surface area contributed by atoms with Crippen molar-refractivity contribution in [3.05, 3.63) is 18.2 Å². The average Bonchev–Trinajstić information content (AvgIpc) is 3.56. The van der Waals surface area contributed by atoms with E-state index in [1.165, 1.54) is 0 Å². The Hall–Kier alpha value is -2.95. The second kappa shape index (κ2) is 12.7. The Bertz CT molecular complexity index is 975. The van der Waals surface area contributed by atoms with E-state index in [-0.39, 0.29) is 30.3 Å². The fourth-order valence-corrected chi connectivity index (χ4v) is 5.66. The van der Waals surface area contributed by atoms with Crippen LogP contribution in [-0.2, 0) is 21.4 Å². The number of aryl methyl sites for hydroxylation is 1. The molecule has 0 aromatic carbocycles. The zero-order valence-electron chi connectivity index (χ0n) is 23.4. The topological polar surface area (TPSA) is 128 Å². The van der Waals surface area contributed by atoms with Gasteiger partial charge < -0.3 is 19.7 Å². The maximum Gasteiger partial charge on any atom is 0.272 e. The van der Waals surface area contributed by atoms with E-state index < -0.39 is 17.4 Å². The van der Waals surface area contributed by atoms with Crippen molar-refractivity contribution in [2.75, 3.05) is 26.7 Å². The molecule has 1 aliphatic carbocycles. The smallest absolute Gasteiger partial charge is 0.272 e. The first-order valence-electron chi connectivity index (χ1n) is 13.7. The molecule has 2 fully saturated rings. The summed E-state index contributed by atoms with van der Waals surface area (Å²) in [6.45, 7) is 6.69. The van der Waals surface area contributed by atoms with Gasteiger partial charge in [-0.3, -0.25) is 24.4 Å². The monoisotopic (exact) mass is 532 g/mol. The number of aromatic nitrogens is 2. The molecule has 1 saturated carbocycles. The maximum absolute atomic E-state index is 13.7. The number of likely N-dealkylation sites (tertiary alicyclic amines) is 1. The third-order valence-electron chi connectivity index (χ3n) is 8.07. The highest BCUT2D eigenvalue weighted by atomic mass is 16.5. The van der Waals surface area contributed by atoms with Crippen LogP contribution >= 0.6 is 0 Å². The molecule has 1 aromatic heterocycles. The summed E-state index contributed by atoms with van der Waals surface area (Å²) < 4.78 is 1.70. The lowest BCUT2D eigenvalue weighted by Gasteiger charge is -2.40. The predicted molar refractivity (Wildman–Crippen MR) is 141 cm³/mol. The summed E-state index contributed by atoms with van der Waals surface area (Å²) in [6, 6.07) is -0.833. The molecule has 0 radical (unpaired) electrons. The van der Waals surface area contributed by atoms with E-state index in [9.17, 15) is 24.4 Å². The van der Waals surface area contributed by atoms with Gasteiger partial charge in [0.15, 0.2) is 0 Å². The van der Waals surface area contributed by atoms with Crippen LogP contribution in [0.25, 0.3) is 0 Å². The van der Waals surface area contributed by atoms with Gasteiger partial charge >= 0.3 is 0 Å². The normalized spacial score (nSPS) is 18.6. The molecule has 0 bridgehead atoms. The zero-order valence-corrected chi connectivity index (χ0v) is 23.4. The molecular weight excluding hydrogens is 488 g/mol. The number of carbonyl (C=O) groups excluding carboxylic acids is 4. The molecule has 2 aliphatic rings. The minimum atomic E-state index is -0.774. The summed E-state index contributed by atoms with van der Waals surface area (Å²) in [5, 5.41) is 13.3. The van der Waals surface area contributed by atoms with Gasteiger partial charge in [-0.15, -0.1) is 0 Å². The Morgan fingerprint density at radius 2 is 1.82 bits per heavy atom. The van der Waals surface area contributed by atoms with E-state index in [1.807, 2.05) is 20.8 Å². The zero-order chi connectivity index (χ0) is 28.0. The van der Waals surface area contributed by atoms with Crippen LogP contribution in [0.1, 0.15) is 76.2 Å². The minimum Gasteiger partial charge on any atom is -0.344 e. The van der Waals surface area contributed by atoms with Crippen molar-refractivity contribution in [2.24, 2.45) is 24.3 Å². The number of rotatable bonds is 10. The summed E-state index contributed by atoms with van der Waals surface area (Å²) in [5.74, 6) is -0.804. The highest BCUT2D eigenvalue weighted by Crippen LogP contribution is 2.31. The van der Waals surface area contributed by atoms with Crippen molar-refractivity contribution in [1.82, 2.24) is 29.7 Å². The number of likely N-dealkylation sites (N-methyl/N-ethyl adjacent to an activating group) is 1. The largest absolute Gasteiger partial charge is 0.344 e. The Labute approximate surface area is 225 Å². The summed E-state index contributed by atoms with van der Waals surface area (Å²) >= 11 is 0. The van der Waals surface area contributed by atoms with Gasteiger partial charge in [0.1, 0.15) is 11.7 Å². The van der Waals surface area contributed by atoms with Crippen molar-refractivity contribution in [1.29, 1.82) is 0 Å². The van der Waals surface area contributed by atoms with Crippen molar-refractivity contribution >= 4 is 24.1 Å². The highest BCUT2D eigenvalue weighted by molar-refractivity contribution is 5.92. The lowest BCUT2D eigenvalue weighted by Crippen LogP contribution is -2.58. The quantitative estimate of drug-likeness (QED) is 0.270. The number of hydroxylamine groups is 2. The molecule has 1 aliphatic heterocycles. The molecule has 2 atom stereocenters. The summed E-state index contributed by atoms with van der Waals surface area (Å²) in [5.41, 5.74) is -0.0230. The number of carbonyl (C=O) groups is 4. The number of hydrogen-bond acceptors (Lipinski definition) is 6. The molecule has 1 saturated heterocycles. The number of hydrogen-bond donors (Lipinski definition) is 2. The maximum atomic E-state index is 13.7. The van der Waals surface area contributed by atoms with E-state index in [1.54, 1.807) is 41.0 Å². The van der Waals surface area contributed by atoms with Gasteiger partial charge in [-0.05, 0) is 30.6 Å². The van der Waals surface area contributed by atoms with Crippen LogP contribution in [0.4, 0.5) is 0 Å². The number of amides is 4. The minimum absolute atomic E-state index is 0.0582. The van der Waals surface area contributed by atoms with Crippen LogP contribution in [0.15, 0.2) is 12.5 Å². The molecule has 38 heavy (non-hydrogen) atoms. The molecule has 212 valence electrons. The van der Waals surface area contributed by atoms with Gasteiger partial charge in [-0.1, -0.05) is 46.5 Å². The van der Waals surface area contributed by atoms with Crippen LogP contribution in [0.2, 0.25) is 0 Å². The Morgan fingerprint density at radius 1 is 1.18 bits per heavy atom. The third kappa shape index (κ3) is 7.33. The van der Waals surface area contributed by atoms with E-state index in [4.69, 9.17) is 0 Å². The molecule has 0 spiro atoms. The van der Waals surface area contributed by atoms with Crippen LogP contribution in [0, 0.1) is 17.3 Å². The molecule has 11 heteroatoms. The number of piperidine rings is 1. The average molecular weight is 533 g/mol. The Morgan fingerprint density at radius 3 is 2.34 bits per heavy atom. The SMILES string of the molecule is CN(C(=O)[C@@H](NC(=O)[C@H](CC1CCCC1)CN(O)C=O)C(C)(C)C)C1CCN(C(=O)c2cncn2C)CC1. The number of imidazole rings is 1. The first-order valence-corrected chi connectivity index (χ1v) is 13.7. The molecule has 3 rings (SSSR count). The third-order valence-corrected chi connectivity index (χ3v) is 8.07. The van der Waals surface area contributed by atoms with Crippen LogP contribution < -0.4 is 5.32 Å². The predicted octanol–water partition coefficient (Wildman–Crippen LogP) is 2.06. The van der Waals surface area contributed by atoms with Crippen LogP contribution in [-0.4, -0.2) is 92.5 Å². The Balaban J connectivity index is 1.65. The van der Waals surface area contributed by atoms with Crippen molar-refractivity contribution < 1.29 is 24.4 Å². The van der Waals surface area contributed by atoms with Crippen molar-refractivity contribution in [3.8, 4) is 0 Å². The molecule has 0 unspecified atom stereocenters. The first kappa shape index (κ1) is 29.6. The molecular formula is C27H44N6O5. The van der Waals surface area contributed by atoms with E-state index in [2.05, 4.69) is 10.3 Å². The van der Waals surface area contributed by atoms with Gasteiger partial charge in [0.2, 0.25) is 18.2 Å². The molecule has 2 heterocycles. The fraction of sp³-hybridized carbons (Fsp3) is 0.741. The van der Waals surface area contributed by atoms with Gasteiger partial charge in [-0.25, -0.2) is 10.0 Å². The first-order chi connectivity index (χ1) is 17.9. The van der Waals surface area contributed by atoms with E-state index >= 15 is 0 Å². The van der Waals surface area contributed by atoms with E-state index in [0.717, 1.165) is 25.7 Å². The van der Waals surface area contributed by atoms with Gasteiger partial charge in [0.05, 0.1) is 25.0 Å². The number of nitrogens with one attached hydrogen (secondary N) is 1. The second-order valence-electron chi connectivity index (χ2n) is 12.0. The summed E-state index contributed by atoms with van der Waals surface area (Å²) in [7, 11) is 3.55. The molecule has 2 N–H and O–H groups in total. The lowest BCUT2D eigenvalue weighted by molar-refractivity contribution is -0.156. The van der Waals surface area contributed by atoms with E-state index in [0.29, 0.717) is 55.4 Å². The molecule has 11 nitrogen and oxygen atoms in total. The highest BCUT2D eigenvalue weighted by Gasteiger charge is 2.39. The Kier molecular flexibility index (Phi) is 9.92. The van der Waals surface area contributed by atoms with Crippen LogP contribution in [0.3, 0.4) is 0 Å². The number of nitrogens with zero attached hydrogens (tertiary/aromatic N) is 5. The summed E-state index contributed by atoms with van der Waals surface area (Å²) in [6.07, 6.45) is 9.62. The van der Waals surface area contributed by atoms with Crippen LogP contribution in [0.5, 0.6) is 0 Å². The summed E-state index contributed by atoms with van der Waals surface area (Å²) in [4.78, 5) is 58.5. The molecule has 4 amide bonds. The van der Waals surface area contributed by atoms with Gasteiger partial charge in [0.25, 0.3) is 5.91 Å². The molecule has 1 aromatic rings. The standard InChI is InChI=1S/C27H44N6O5/c1-27(2,3)23(29-24(35)20(16-33(38)18-34)14-19-8-6-7-9-19)26(37)31(5)21-10-12-32(13-11-21)25(36)22-15-28-17-30(22)4/h15,17-21,23,38H,6-14,16H2,1-5H3,(H,29,35)/t20-,23-/m1/s1. The van der Waals surface area contributed by atoms with Gasteiger partial charge in [0, 0.05) is 33.2 Å². The fourth-order valence-electron chi connectivity index (χ4n) is 5.66. The van der Waals surface area contributed by atoms with Crippen molar-refractivity contribution in [2.45, 2.75) is 77.8 Å². The second-order valence-corrected chi connectivity index (χ2v) is 12.0. The van der Waals surface area contributed by atoms with Crippen molar-refractivity contribution in [3.63, 3.8) is 0 Å².